The van der Waals surface area contributed by atoms with E-state index in [-0.39, 0.29) is 16.3 Å². The monoisotopic (exact) mass is 319 g/mol. The summed E-state index contributed by atoms with van der Waals surface area (Å²) in [6, 6.07) is 3.96. The average molecular weight is 320 g/mol. The maximum atomic E-state index is 12.2. The van der Waals surface area contributed by atoms with E-state index in [1.807, 2.05) is 0 Å². The summed E-state index contributed by atoms with van der Waals surface area (Å²) in [6.07, 6.45) is 0.774. The van der Waals surface area contributed by atoms with Crippen LogP contribution in [-0.2, 0) is 14.8 Å². The summed E-state index contributed by atoms with van der Waals surface area (Å²) in [6.45, 7) is 0.764. The van der Waals surface area contributed by atoms with Crippen molar-refractivity contribution in [2.45, 2.75) is 18.1 Å². The lowest BCUT2D eigenvalue weighted by atomic mass is 10.2. The summed E-state index contributed by atoms with van der Waals surface area (Å²) in [5.41, 5.74) is -0.151. The number of aromatic carboxylic acids is 1. The van der Waals surface area contributed by atoms with Crippen molar-refractivity contribution < 1.29 is 23.1 Å². The Labute approximate surface area is 121 Å². The van der Waals surface area contributed by atoms with E-state index in [4.69, 9.17) is 21.4 Å². The summed E-state index contributed by atoms with van der Waals surface area (Å²) < 4.78 is 31.9. The number of carboxylic acids is 1. The SMILES string of the molecule is O=C(O)c1ccc(Cl)cc1NS(=O)(=O)C1CCOCC1. The molecule has 0 atom stereocenters. The highest BCUT2D eigenvalue weighted by atomic mass is 35.5. The fourth-order valence-electron chi connectivity index (χ4n) is 2.01. The van der Waals surface area contributed by atoms with Gasteiger partial charge in [-0.2, -0.15) is 0 Å². The normalized spacial score (nSPS) is 16.9. The fraction of sp³-hybridized carbons (Fsp3) is 0.417. The Morgan fingerprint density at radius 1 is 1.35 bits per heavy atom. The van der Waals surface area contributed by atoms with Gasteiger partial charge in [0, 0.05) is 18.2 Å². The first-order chi connectivity index (χ1) is 9.40. The molecular weight excluding hydrogens is 306 g/mol. The molecule has 1 aromatic rings. The van der Waals surface area contributed by atoms with Crippen LogP contribution in [0, 0.1) is 0 Å². The largest absolute Gasteiger partial charge is 0.478 e. The molecule has 0 radical (unpaired) electrons. The average Bonchev–Trinajstić information content (AvgIpc) is 2.39. The van der Waals surface area contributed by atoms with Crippen molar-refractivity contribution in [3.05, 3.63) is 28.8 Å². The number of hydrogen-bond donors (Lipinski definition) is 2. The topological polar surface area (TPSA) is 92.7 Å². The molecule has 0 unspecified atom stereocenters. The van der Waals surface area contributed by atoms with Gasteiger partial charge in [0.05, 0.1) is 16.5 Å². The van der Waals surface area contributed by atoms with Gasteiger partial charge >= 0.3 is 5.97 Å². The summed E-state index contributed by atoms with van der Waals surface area (Å²) in [4.78, 5) is 11.1. The Morgan fingerprint density at radius 3 is 2.60 bits per heavy atom. The van der Waals surface area contributed by atoms with E-state index >= 15 is 0 Å². The molecule has 2 rings (SSSR count). The maximum absolute atomic E-state index is 12.2. The minimum absolute atomic E-state index is 0.0171. The molecule has 0 aliphatic carbocycles. The minimum atomic E-state index is -3.66. The van der Waals surface area contributed by atoms with Crippen LogP contribution in [0.3, 0.4) is 0 Å². The molecule has 0 spiro atoms. The third-order valence-electron chi connectivity index (χ3n) is 3.07. The van der Waals surface area contributed by atoms with Crippen LogP contribution in [0.25, 0.3) is 0 Å². The third-order valence-corrected chi connectivity index (χ3v) is 5.16. The second kappa shape index (κ2) is 5.99. The zero-order chi connectivity index (χ0) is 14.8. The lowest BCUT2D eigenvalue weighted by Crippen LogP contribution is -2.33. The molecule has 6 nitrogen and oxygen atoms in total. The number of carbonyl (C=O) groups is 1. The Morgan fingerprint density at radius 2 is 2.00 bits per heavy atom. The van der Waals surface area contributed by atoms with E-state index < -0.39 is 21.2 Å². The highest BCUT2D eigenvalue weighted by Crippen LogP contribution is 2.25. The van der Waals surface area contributed by atoms with Gasteiger partial charge in [-0.25, -0.2) is 13.2 Å². The predicted molar refractivity (Wildman–Crippen MR) is 74.8 cm³/mol. The zero-order valence-corrected chi connectivity index (χ0v) is 12.1. The van der Waals surface area contributed by atoms with E-state index in [0.717, 1.165) is 0 Å². The van der Waals surface area contributed by atoms with Gasteiger partial charge in [-0.3, -0.25) is 4.72 Å². The number of carboxylic acid groups (broad SMARTS) is 1. The second-order valence-electron chi connectivity index (χ2n) is 4.45. The smallest absolute Gasteiger partial charge is 0.337 e. The molecule has 2 N–H and O–H groups in total. The first kappa shape index (κ1) is 15.1. The first-order valence-electron chi connectivity index (χ1n) is 6.02. The highest BCUT2D eigenvalue weighted by molar-refractivity contribution is 7.93. The van der Waals surface area contributed by atoms with Crippen molar-refractivity contribution >= 4 is 33.3 Å². The van der Waals surface area contributed by atoms with Crippen LogP contribution in [0.1, 0.15) is 23.2 Å². The van der Waals surface area contributed by atoms with Gasteiger partial charge < -0.3 is 9.84 Å². The number of benzene rings is 1. The van der Waals surface area contributed by atoms with Crippen LogP contribution in [0.2, 0.25) is 5.02 Å². The van der Waals surface area contributed by atoms with Crippen molar-refractivity contribution in [2.75, 3.05) is 17.9 Å². The Kier molecular flexibility index (Phi) is 4.52. The van der Waals surface area contributed by atoms with Gasteiger partial charge in [-0.15, -0.1) is 0 Å². The number of hydrogen-bond acceptors (Lipinski definition) is 4. The van der Waals surface area contributed by atoms with Crippen molar-refractivity contribution in [2.24, 2.45) is 0 Å². The number of nitrogens with one attached hydrogen (secondary N) is 1. The Hall–Kier alpha value is -1.31. The molecule has 8 heteroatoms. The third kappa shape index (κ3) is 3.41. The maximum Gasteiger partial charge on any atom is 0.337 e. The summed E-state index contributed by atoms with van der Waals surface area (Å²) in [5.74, 6) is -1.22. The van der Waals surface area contributed by atoms with E-state index in [9.17, 15) is 13.2 Å². The fourth-order valence-corrected chi connectivity index (χ4v) is 3.64. The van der Waals surface area contributed by atoms with E-state index in [2.05, 4.69) is 4.72 Å². The predicted octanol–water partition coefficient (Wildman–Crippen LogP) is 1.96. The Balaban J connectivity index is 2.28. The number of ether oxygens (including phenoxy) is 1. The number of anilines is 1. The molecule has 1 aromatic carbocycles. The molecule has 0 amide bonds. The van der Waals surface area contributed by atoms with E-state index in [1.165, 1.54) is 18.2 Å². The molecule has 0 aromatic heterocycles. The van der Waals surface area contributed by atoms with E-state index in [1.54, 1.807) is 0 Å². The minimum Gasteiger partial charge on any atom is -0.478 e. The zero-order valence-electron chi connectivity index (χ0n) is 10.5. The lowest BCUT2D eigenvalue weighted by molar-refractivity contribution is 0.0698. The van der Waals surface area contributed by atoms with Gasteiger partial charge in [-0.05, 0) is 31.0 Å². The van der Waals surface area contributed by atoms with Gasteiger partial charge in [0.2, 0.25) is 10.0 Å². The first-order valence-corrected chi connectivity index (χ1v) is 7.95. The second-order valence-corrected chi connectivity index (χ2v) is 6.85. The van der Waals surface area contributed by atoms with Crippen LogP contribution in [0.5, 0.6) is 0 Å². The van der Waals surface area contributed by atoms with Crippen LogP contribution in [0.4, 0.5) is 5.69 Å². The number of rotatable bonds is 4. The molecule has 20 heavy (non-hydrogen) atoms. The van der Waals surface area contributed by atoms with Crippen LogP contribution in [-0.4, -0.2) is 38.0 Å². The summed E-state index contributed by atoms with van der Waals surface area (Å²) >= 11 is 5.79. The quantitative estimate of drug-likeness (QED) is 0.885. The number of sulfonamides is 1. The van der Waals surface area contributed by atoms with Crippen molar-refractivity contribution in [3.8, 4) is 0 Å². The van der Waals surface area contributed by atoms with Crippen LogP contribution in [0.15, 0.2) is 18.2 Å². The Bertz CT molecular complexity index is 610. The molecule has 110 valence electrons. The van der Waals surface area contributed by atoms with Gasteiger partial charge in [-0.1, -0.05) is 11.6 Å². The molecule has 0 saturated carbocycles. The van der Waals surface area contributed by atoms with Crippen LogP contribution < -0.4 is 4.72 Å². The molecule has 1 saturated heterocycles. The van der Waals surface area contributed by atoms with Gasteiger partial charge in [0.15, 0.2) is 0 Å². The summed E-state index contributed by atoms with van der Waals surface area (Å²) in [7, 11) is -3.66. The molecule has 1 heterocycles. The van der Waals surface area contributed by atoms with E-state index in [0.29, 0.717) is 26.1 Å². The van der Waals surface area contributed by atoms with Crippen molar-refractivity contribution in [1.29, 1.82) is 0 Å². The highest BCUT2D eigenvalue weighted by Gasteiger charge is 2.28. The van der Waals surface area contributed by atoms with Gasteiger partial charge in [0.25, 0.3) is 0 Å². The lowest BCUT2D eigenvalue weighted by Gasteiger charge is -2.23. The standard InChI is InChI=1S/C12H14ClNO5S/c13-8-1-2-10(12(15)16)11(7-8)14-20(17,18)9-3-5-19-6-4-9/h1-2,7,9,14H,3-6H2,(H,15,16). The molecule has 1 fully saturated rings. The molecule has 1 aliphatic rings. The summed E-state index contributed by atoms with van der Waals surface area (Å²) in [5, 5.41) is 8.74. The molecule has 0 bridgehead atoms. The molecule has 1 aliphatic heterocycles. The van der Waals surface area contributed by atoms with Gasteiger partial charge in [0.1, 0.15) is 0 Å². The van der Waals surface area contributed by atoms with Crippen LogP contribution >= 0.6 is 11.6 Å². The van der Waals surface area contributed by atoms with Crippen molar-refractivity contribution in [3.63, 3.8) is 0 Å². The molecular formula is C12H14ClNO5S. The number of halogens is 1. The van der Waals surface area contributed by atoms with Crippen molar-refractivity contribution in [1.82, 2.24) is 0 Å².